The Morgan fingerprint density at radius 1 is 1.37 bits per heavy atom. The van der Waals surface area contributed by atoms with Crippen molar-refractivity contribution in [3.05, 3.63) is 29.8 Å². The van der Waals surface area contributed by atoms with Gasteiger partial charge in [0.2, 0.25) is 5.91 Å². The van der Waals surface area contributed by atoms with Gasteiger partial charge in [0, 0.05) is 13.6 Å². The monoisotopic (exact) mass is 294 g/mol. The molecule has 7 heteroatoms. The highest BCUT2D eigenvalue weighted by atomic mass is 35.5. The summed E-state index contributed by atoms with van der Waals surface area (Å²) in [4.78, 5) is 13.0. The van der Waals surface area contributed by atoms with Gasteiger partial charge in [-0.15, -0.1) is 12.4 Å². The molecule has 0 fully saturated rings. The van der Waals surface area contributed by atoms with Crippen molar-refractivity contribution in [2.24, 2.45) is 5.73 Å². The van der Waals surface area contributed by atoms with E-state index in [0.717, 1.165) is 5.56 Å². The maximum absolute atomic E-state index is 11.9. The molecule has 0 saturated carbocycles. The van der Waals surface area contributed by atoms with Gasteiger partial charge in [-0.05, 0) is 24.6 Å². The van der Waals surface area contributed by atoms with Crippen molar-refractivity contribution >= 4 is 18.3 Å². The third-order valence-corrected chi connectivity index (χ3v) is 2.33. The van der Waals surface area contributed by atoms with Crippen molar-refractivity contribution in [1.82, 2.24) is 4.90 Å². The lowest BCUT2D eigenvalue weighted by Gasteiger charge is -2.19. The second-order valence-corrected chi connectivity index (χ2v) is 4.01. The highest BCUT2D eigenvalue weighted by Crippen LogP contribution is 2.15. The van der Waals surface area contributed by atoms with E-state index < -0.39 is 12.7 Å². The van der Waals surface area contributed by atoms with Gasteiger partial charge in [0.15, 0.2) is 0 Å². The van der Waals surface area contributed by atoms with Crippen LogP contribution in [0.2, 0.25) is 0 Å². The van der Waals surface area contributed by atoms with E-state index in [1.165, 1.54) is 17.0 Å². The Morgan fingerprint density at radius 2 is 1.89 bits per heavy atom. The summed E-state index contributed by atoms with van der Waals surface area (Å²) in [5, 5.41) is 0. The SMILES string of the molecule is C[C@@H](N)C(=O)N(C)Cc1ccc(OC(F)F)cc1.Cl. The van der Waals surface area contributed by atoms with Crippen molar-refractivity contribution < 1.29 is 18.3 Å². The van der Waals surface area contributed by atoms with Crippen LogP contribution in [-0.2, 0) is 11.3 Å². The molecule has 2 N–H and O–H groups in total. The number of amides is 1. The molecule has 0 aliphatic rings. The Kier molecular flexibility index (Phi) is 7.33. The van der Waals surface area contributed by atoms with Gasteiger partial charge in [0.25, 0.3) is 0 Å². The van der Waals surface area contributed by atoms with Crippen molar-refractivity contribution in [2.75, 3.05) is 7.05 Å². The van der Waals surface area contributed by atoms with E-state index in [-0.39, 0.29) is 24.1 Å². The summed E-state index contributed by atoms with van der Waals surface area (Å²) in [6.45, 7) is -0.855. The van der Waals surface area contributed by atoms with E-state index in [4.69, 9.17) is 5.73 Å². The standard InChI is InChI=1S/C12H16F2N2O2.ClH/c1-8(15)11(17)16(2)7-9-3-5-10(6-4-9)18-12(13)14;/h3-6,8,12H,7,15H2,1-2H3;1H/t8-;/m1./s1. The van der Waals surface area contributed by atoms with E-state index in [1.807, 2.05) is 0 Å². The van der Waals surface area contributed by atoms with Gasteiger partial charge in [0.1, 0.15) is 5.75 Å². The quantitative estimate of drug-likeness (QED) is 0.904. The molecule has 1 rings (SSSR count). The minimum Gasteiger partial charge on any atom is -0.435 e. The Hall–Kier alpha value is -1.40. The average molecular weight is 295 g/mol. The number of carbonyl (C=O) groups is 1. The minimum absolute atomic E-state index is 0. The van der Waals surface area contributed by atoms with Gasteiger partial charge in [-0.2, -0.15) is 8.78 Å². The fourth-order valence-electron chi connectivity index (χ4n) is 1.48. The third-order valence-electron chi connectivity index (χ3n) is 2.33. The highest BCUT2D eigenvalue weighted by Gasteiger charge is 2.13. The zero-order valence-corrected chi connectivity index (χ0v) is 11.5. The molecule has 1 aromatic rings. The van der Waals surface area contributed by atoms with E-state index in [9.17, 15) is 13.6 Å². The molecule has 0 aliphatic carbocycles. The van der Waals surface area contributed by atoms with Gasteiger partial charge in [-0.3, -0.25) is 4.79 Å². The summed E-state index contributed by atoms with van der Waals surface area (Å²) in [5.41, 5.74) is 6.29. The summed E-state index contributed by atoms with van der Waals surface area (Å²) < 4.78 is 28.1. The lowest BCUT2D eigenvalue weighted by atomic mass is 10.2. The van der Waals surface area contributed by atoms with Gasteiger partial charge in [-0.25, -0.2) is 0 Å². The molecule has 1 atom stereocenters. The number of halogens is 3. The Bertz CT molecular complexity index is 399. The van der Waals surface area contributed by atoms with Crippen LogP contribution >= 0.6 is 12.4 Å². The number of carbonyl (C=O) groups excluding carboxylic acids is 1. The predicted molar refractivity (Wildman–Crippen MR) is 70.4 cm³/mol. The van der Waals surface area contributed by atoms with Crippen LogP contribution in [0.3, 0.4) is 0 Å². The zero-order valence-electron chi connectivity index (χ0n) is 10.7. The predicted octanol–water partition coefficient (Wildman–Crippen LogP) is 2.02. The fraction of sp³-hybridized carbons (Fsp3) is 0.417. The number of alkyl halides is 2. The van der Waals surface area contributed by atoms with Crippen LogP contribution in [-0.4, -0.2) is 30.5 Å². The lowest BCUT2D eigenvalue weighted by molar-refractivity contribution is -0.131. The molecule has 4 nitrogen and oxygen atoms in total. The van der Waals surface area contributed by atoms with Gasteiger partial charge < -0.3 is 15.4 Å². The maximum atomic E-state index is 11.9. The molecule has 0 radical (unpaired) electrons. The summed E-state index contributed by atoms with van der Waals surface area (Å²) in [5.74, 6) is -0.0853. The third kappa shape index (κ3) is 5.85. The van der Waals surface area contributed by atoms with Crippen LogP contribution in [0.15, 0.2) is 24.3 Å². The summed E-state index contributed by atoms with van der Waals surface area (Å²) in [6.07, 6.45) is 0. The minimum atomic E-state index is -2.84. The van der Waals surface area contributed by atoms with Crippen LogP contribution in [0.1, 0.15) is 12.5 Å². The molecule has 0 spiro atoms. The number of hydrogen-bond donors (Lipinski definition) is 1. The maximum Gasteiger partial charge on any atom is 0.387 e. The molecule has 1 aromatic carbocycles. The smallest absolute Gasteiger partial charge is 0.387 e. The van der Waals surface area contributed by atoms with E-state index in [0.29, 0.717) is 6.54 Å². The first-order valence-electron chi connectivity index (χ1n) is 5.44. The van der Waals surface area contributed by atoms with Crippen LogP contribution in [0.4, 0.5) is 8.78 Å². The van der Waals surface area contributed by atoms with E-state index in [1.54, 1.807) is 26.1 Å². The van der Waals surface area contributed by atoms with Crippen LogP contribution in [0, 0.1) is 0 Å². The molecule has 1 amide bonds. The largest absolute Gasteiger partial charge is 0.435 e. The normalized spacial score (nSPS) is 11.7. The van der Waals surface area contributed by atoms with Crippen molar-refractivity contribution in [3.8, 4) is 5.75 Å². The number of likely N-dealkylation sites (N-methyl/N-ethyl adjacent to an activating group) is 1. The number of benzene rings is 1. The van der Waals surface area contributed by atoms with Crippen molar-refractivity contribution in [2.45, 2.75) is 26.1 Å². The first-order chi connectivity index (χ1) is 8.40. The molecule has 108 valence electrons. The van der Waals surface area contributed by atoms with Crippen LogP contribution < -0.4 is 10.5 Å². The molecule has 0 aliphatic heterocycles. The molecule has 0 bridgehead atoms. The second-order valence-electron chi connectivity index (χ2n) is 4.01. The van der Waals surface area contributed by atoms with Gasteiger partial charge >= 0.3 is 6.61 Å². The average Bonchev–Trinajstić information content (AvgIpc) is 2.29. The number of ether oxygens (including phenoxy) is 1. The lowest BCUT2D eigenvalue weighted by Crippen LogP contribution is -2.39. The summed E-state index contributed by atoms with van der Waals surface area (Å²) in [6, 6.07) is 5.57. The van der Waals surface area contributed by atoms with Crippen molar-refractivity contribution in [1.29, 1.82) is 0 Å². The molecule has 0 unspecified atom stereocenters. The van der Waals surface area contributed by atoms with Gasteiger partial charge in [-0.1, -0.05) is 12.1 Å². The zero-order chi connectivity index (χ0) is 13.7. The highest BCUT2D eigenvalue weighted by molar-refractivity contribution is 5.85. The Morgan fingerprint density at radius 3 is 2.32 bits per heavy atom. The first-order valence-corrected chi connectivity index (χ1v) is 5.44. The topological polar surface area (TPSA) is 55.6 Å². The molecule has 0 aromatic heterocycles. The number of hydrogen-bond acceptors (Lipinski definition) is 3. The first kappa shape index (κ1) is 17.6. The summed E-state index contributed by atoms with van der Waals surface area (Å²) in [7, 11) is 1.63. The number of nitrogens with zero attached hydrogens (tertiary/aromatic N) is 1. The number of rotatable bonds is 5. The van der Waals surface area contributed by atoms with Gasteiger partial charge in [0.05, 0.1) is 6.04 Å². The second kappa shape index (κ2) is 7.91. The molecular weight excluding hydrogens is 278 g/mol. The fourth-order valence-corrected chi connectivity index (χ4v) is 1.48. The number of nitrogens with two attached hydrogens (primary N) is 1. The Labute approximate surface area is 116 Å². The van der Waals surface area contributed by atoms with Crippen LogP contribution in [0.5, 0.6) is 5.75 Å². The van der Waals surface area contributed by atoms with Crippen molar-refractivity contribution in [3.63, 3.8) is 0 Å². The molecular formula is C12H17ClF2N2O2. The van der Waals surface area contributed by atoms with E-state index in [2.05, 4.69) is 4.74 Å². The van der Waals surface area contributed by atoms with E-state index >= 15 is 0 Å². The summed E-state index contributed by atoms with van der Waals surface area (Å²) >= 11 is 0. The molecule has 0 heterocycles. The molecule has 0 saturated heterocycles. The Balaban J connectivity index is 0.00000324. The van der Waals surface area contributed by atoms with Crippen LogP contribution in [0.25, 0.3) is 0 Å². The molecule has 19 heavy (non-hydrogen) atoms.